The van der Waals surface area contributed by atoms with E-state index in [0.29, 0.717) is 30.3 Å². The highest BCUT2D eigenvalue weighted by Crippen LogP contribution is 2.40. The number of nitrogens with zero attached hydrogens (tertiary/aromatic N) is 4. The number of aryl methyl sites for hydroxylation is 2. The number of amides is 1. The molecule has 0 bridgehead atoms. The van der Waals surface area contributed by atoms with Gasteiger partial charge in [0.15, 0.2) is 0 Å². The highest BCUT2D eigenvalue weighted by atomic mass is 32.1. The first-order valence-electron chi connectivity index (χ1n) is 12.1. The molecule has 1 aromatic carbocycles. The molecule has 5 rings (SSSR count). The zero-order valence-corrected chi connectivity index (χ0v) is 20.6. The number of aromatic nitrogens is 2. The molecule has 174 valence electrons. The first-order chi connectivity index (χ1) is 16.1. The molecule has 2 aromatic heterocycles. The van der Waals surface area contributed by atoms with Crippen molar-refractivity contribution in [3.05, 3.63) is 46.1 Å². The van der Waals surface area contributed by atoms with Crippen LogP contribution in [0, 0.1) is 0 Å². The Morgan fingerprint density at radius 1 is 1.12 bits per heavy atom. The molecule has 33 heavy (non-hydrogen) atoms. The van der Waals surface area contributed by atoms with E-state index in [2.05, 4.69) is 18.7 Å². The largest absolute Gasteiger partial charge is 0.496 e. The zero-order valence-electron chi connectivity index (χ0n) is 19.8. The summed E-state index contributed by atoms with van der Waals surface area (Å²) in [4.78, 5) is 30.3. The lowest BCUT2D eigenvalue weighted by Gasteiger charge is -2.36. The van der Waals surface area contributed by atoms with Crippen molar-refractivity contribution in [1.29, 1.82) is 0 Å². The summed E-state index contributed by atoms with van der Waals surface area (Å²) >= 11 is 1.87. The van der Waals surface area contributed by atoms with Gasteiger partial charge in [0.25, 0.3) is 5.91 Å². The van der Waals surface area contributed by atoms with Gasteiger partial charge >= 0.3 is 0 Å². The molecule has 0 saturated carbocycles. The van der Waals surface area contributed by atoms with Crippen LogP contribution in [0.3, 0.4) is 0 Å². The van der Waals surface area contributed by atoms with Crippen LogP contribution in [-0.2, 0) is 12.8 Å². The molecule has 1 saturated heterocycles. The van der Waals surface area contributed by atoms with E-state index in [-0.39, 0.29) is 5.91 Å². The van der Waals surface area contributed by atoms with Gasteiger partial charge in [0, 0.05) is 37.0 Å². The van der Waals surface area contributed by atoms with Crippen LogP contribution < -0.4 is 9.64 Å². The molecule has 1 fully saturated rings. The molecule has 7 heteroatoms. The fraction of sp³-hybridized carbons (Fsp3) is 0.500. The maximum Gasteiger partial charge on any atom is 0.257 e. The number of benzene rings is 1. The zero-order chi connectivity index (χ0) is 22.9. The summed E-state index contributed by atoms with van der Waals surface area (Å²) in [5, 5.41) is 1.27. The molecular formula is C26H32N4O2S. The van der Waals surface area contributed by atoms with Crippen molar-refractivity contribution in [2.45, 2.75) is 51.9 Å². The van der Waals surface area contributed by atoms with Crippen LogP contribution in [0.2, 0.25) is 0 Å². The number of para-hydroxylation sites is 1. The van der Waals surface area contributed by atoms with Gasteiger partial charge in [0.1, 0.15) is 22.2 Å². The van der Waals surface area contributed by atoms with Crippen molar-refractivity contribution in [3.8, 4) is 5.75 Å². The van der Waals surface area contributed by atoms with Crippen molar-refractivity contribution in [3.63, 3.8) is 0 Å². The third-order valence-electron chi connectivity index (χ3n) is 7.07. The molecule has 0 radical (unpaired) electrons. The number of anilines is 1. The van der Waals surface area contributed by atoms with Gasteiger partial charge in [-0.25, -0.2) is 9.97 Å². The molecule has 3 aromatic rings. The average Bonchev–Trinajstić information content (AvgIpc) is 3.26. The number of methoxy groups -OCH3 is 1. The molecule has 0 N–H and O–H groups in total. The number of hydrogen-bond donors (Lipinski definition) is 0. The SMILES string of the molecule is CCC(C)c1nc(N2CCN(C(=O)c3ccccc3OC)CC2)c2c3c(sc2n1)CCCC3. The third-order valence-corrected chi connectivity index (χ3v) is 8.26. The van der Waals surface area contributed by atoms with Crippen molar-refractivity contribution in [2.24, 2.45) is 0 Å². The Hall–Kier alpha value is -2.67. The number of fused-ring (bicyclic) bond motifs is 3. The van der Waals surface area contributed by atoms with E-state index in [0.717, 1.165) is 48.8 Å². The maximum atomic E-state index is 13.2. The van der Waals surface area contributed by atoms with Gasteiger partial charge in [-0.15, -0.1) is 11.3 Å². The van der Waals surface area contributed by atoms with Gasteiger partial charge in [-0.2, -0.15) is 0 Å². The summed E-state index contributed by atoms with van der Waals surface area (Å²) in [5.41, 5.74) is 2.10. The number of thiophene rings is 1. The Morgan fingerprint density at radius 2 is 1.88 bits per heavy atom. The number of hydrogen-bond acceptors (Lipinski definition) is 6. The summed E-state index contributed by atoms with van der Waals surface area (Å²) in [7, 11) is 1.61. The molecule has 1 aliphatic carbocycles. The second-order valence-electron chi connectivity index (χ2n) is 9.09. The predicted molar refractivity (Wildman–Crippen MR) is 134 cm³/mol. The lowest BCUT2D eigenvalue weighted by molar-refractivity contribution is 0.0743. The van der Waals surface area contributed by atoms with Crippen molar-refractivity contribution >= 4 is 33.3 Å². The summed E-state index contributed by atoms with van der Waals surface area (Å²) in [6, 6.07) is 7.47. The molecule has 1 amide bonds. The second-order valence-corrected chi connectivity index (χ2v) is 10.2. The highest BCUT2D eigenvalue weighted by Gasteiger charge is 2.29. The van der Waals surface area contributed by atoms with Crippen LogP contribution in [-0.4, -0.2) is 54.1 Å². The fourth-order valence-corrected chi connectivity index (χ4v) is 6.16. The Kier molecular flexibility index (Phi) is 6.23. The number of carbonyl (C=O) groups excluding carboxylic acids is 1. The number of rotatable bonds is 5. The number of carbonyl (C=O) groups is 1. The van der Waals surface area contributed by atoms with E-state index in [1.54, 1.807) is 7.11 Å². The summed E-state index contributed by atoms with van der Waals surface area (Å²) in [6.45, 7) is 7.30. The summed E-state index contributed by atoms with van der Waals surface area (Å²) in [6.07, 6.45) is 5.82. The van der Waals surface area contributed by atoms with Crippen molar-refractivity contribution in [1.82, 2.24) is 14.9 Å². The maximum absolute atomic E-state index is 13.2. The van der Waals surface area contributed by atoms with Gasteiger partial charge in [-0.1, -0.05) is 26.0 Å². The van der Waals surface area contributed by atoms with Crippen LogP contribution >= 0.6 is 11.3 Å². The molecule has 1 atom stereocenters. The first-order valence-corrected chi connectivity index (χ1v) is 12.9. The monoisotopic (exact) mass is 464 g/mol. The lowest BCUT2D eigenvalue weighted by atomic mass is 9.96. The Bertz CT molecular complexity index is 1170. The van der Waals surface area contributed by atoms with E-state index in [9.17, 15) is 4.79 Å². The van der Waals surface area contributed by atoms with Crippen LogP contribution in [0.5, 0.6) is 5.75 Å². The molecule has 6 nitrogen and oxygen atoms in total. The molecule has 1 unspecified atom stereocenters. The minimum Gasteiger partial charge on any atom is -0.496 e. The molecule has 1 aliphatic heterocycles. The van der Waals surface area contributed by atoms with Crippen LogP contribution in [0.15, 0.2) is 24.3 Å². The van der Waals surface area contributed by atoms with Gasteiger partial charge in [-0.3, -0.25) is 4.79 Å². The Balaban J connectivity index is 1.44. The quantitative estimate of drug-likeness (QED) is 0.529. The molecule has 0 spiro atoms. The summed E-state index contributed by atoms with van der Waals surface area (Å²) in [5.74, 6) is 3.03. The Labute approximate surface area is 199 Å². The number of ether oxygens (including phenoxy) is 1. The predicted octanol–water partition coefficient (Wildman–Crippen LogP) is 5.05. The van der Waals surface area contributed by atoms with Gasteiger partial charge < -0.3 is 14.5 Å². The van der Waals surface area contributed by atoms with Gasteiger partial charge in [-0.05, 0) is 49.8 Å². The molecule has 3 heterocycles. The highest BCUT2D eigenvalue weighted by molar-refractivity contribution is 7.19. The summed E-state index contributed by atoms with van der Waals surface area (Å²) < 4.78 is 5.41. The molecular weight excluding hydrogens is 432 g/mol. The minimum atomic E-state index is 0.0353. The standard InChI is InChI=1S/C26H32N4O2S/c1-4-17(2)23-27-24(22-19-10-6-8-12-21(19)33-25(22)28-23)29-13-15-30(16-14-29)26(31)18-9-5-7-11-20(18)32-3/h5,7,9,11,17H,4,6,8,10,12-16H2,1-3H3. The minimum absolute atomic E-state index is 0.0353. The lowest BCUT2D eigenvalue weighted by Crippen LogP contribution is -2.49. The van der Waals surface area contributed by atoms with Crippen LogP contribution in [0.1, 0.15) is 65.7 Å². The van der Waals surface area contributed by atoms with Gasteiger partial charge in [0.05, 0.1) is 18.1 Å². The van der Waals surface area contributed by atoms with E-state index in [1.165, 1.54) is 28.7 Å². The van der Waals surface area contributed by atoms with Crippen molar-refractivity contribution < 1.29 is 9.53 Å². The average molecular weight is 465 g/mol. The topological polar surface area (TPSA) is 58.6 Å². The first kappa shape index (κ1) is 22.1. The normalized spacial score (nSPS) is 17.2. The molecule has 2 aliphatic rings. The third kappa shape index (κ3) is 4.07. The fourth-order valence-electron chi connectivity index (χ4n) is 4.90. The Morgan fingerprint density at radius 3 is 2.64 bits per heavy atom. The second kappa shape index (κ2) is 9.29. The smallest absolute Gasteiger partial charge is 0.257 e. The number of piperazine rings is 1. The van der Waals surface area contributed by atoms with Gasteiger partial charge in [0.2, 0.25) is 0 Å². The van der Waals surface area contributed by atoms with E-state index < -0.39 is 0 Å². The van der Waals surface area contributed by atoms with E-state index in [1.807, 2.05) is 40.5 Å². The van der Waals surface area contributed by atoms with E-state index in [4.69, 9.17) is 14.7 Å². The van der Waals surface area contributed by atoms with Crippen LogP contribution in [0.4, 0.5) is 5.82 Å². The van der Waals surface area contributed by atoms with E-state index >= 15 is 0 Å². The van der Waals surface area contributed by atoms with Crippen LogP contribution in [0.25, 0.3) is 10.2 Å². The van der Waals surface area contributed by atoms with Crippen molar-refractivity contribution in [2.75, 3.05) is 38.2 Å².